The van der Waals surface area contributed by atoms with Crippen LogP contribution in [0.15, 0.2) is 58.7 Å². The minimum atomic E-state index is -0.434. The van der Waals surface area contributed by atoms with Crippen molar-refractivity contribution in [3.05, 3.63) is 71.3 Å². The van der Waals surface area contributed by atoms with Crippen LogP contribution >= 0.6 is 0 Å². The molecule has 0 aliphatic heterocycles. The van der Waals surface area contributed by atoms with Gasteiger partial charge in [-0.05, 0) is 49.2 Å². The van der Waals surface area contributed by atoms with Crippen LogP contribution in [0.25, 0.3) is 0 Å². The Bertz CT molecular complexity index is 816. The third kappa shape index (κ3) is 6.71. The van der Waals surface area contributed by atoms with Gasteiger partial charge < -0.3 is 0 Å². The molecule has 0 saturated carbocycles. The SMILES string of the molecule is C/C(=N\NC(=O)CCC(=O)N/N=C(\C)c1ccc(F)cc1)c1ccc(F)cc1. The van der Waals surface area contributed by atoms with Crippen LogP contribution in [-0.2, 0) is 9.59 Å². The van der Waals surface area contributed by atoms with Crippen molar-refractivity contribution in [2.24, 2.45) is 10.2 Å². The first kappa shape index (κ1) is 20.9. The molecular formula is C20H20F2N4O2. The molecule has 2 amide bonds. The molecule has 6 nitrogen and oxygen atoms in total. The van der Waals surface area contributed by atoms with Gasteiger partial charge in [0.2, 0.25) is 11.8 Å². The van der Waals surface area contributed by atoms with Gasteiger partial charge in [0.15, 0.2) is 0 Å². The fourth-order valence-corrected chi connectivity index (χ4v) is 2.14. The standard InChI is InChI=1S/C20H20F2N4O2/c1-13(15-3-7-17(21)8-4-15)23-25-19(27)11-12-20(28)26-24-14(2)16-5-9-18(22)10-6-16/h3-10H,11-12H2,1-2H3,(H,25,27)(H,26,28)/b23-13+,24-14+. The Balaban J connectivity index is 1.78. The summed E-state index contributed by atoms with van der Waals surface area (Å²) in [5.74, 6) is -1.58. The lowest BCUT2D eigenvalue weighted by Gasteiger charge is -2.04. The molecule has 0 radical (unpaired) electrons. The molecule has 0 aliphatic carbocycles. The molecule has 0 heterocycles. The van der Waals surface area contributed by atoms with E-state index >= 15 is 0 Å². The van der Waals surface area contributed by atoms with Gasteiger partial charge in [0.25, 0.3) is 0 Å². The predicted molar refractivity (Wildman–Crippen MR) is 103 cm³/mol. The van der Waals surface area contributed by atoms with Gasteiger partial charge in [0, 0.05) is 12.8 Å². The number of amides is 2. The highest BCUT2D eigenvalue weighted by Gasteiger charge is 2.07. The van der Waals surface area contributed by atoms with E-state index in [2.05, 4.69) is 21.1 Å². The Morgan fingerprint density at radius 3 is 1.36 bits per heavy atom. The molecular weight excluding hydrogens is 366 g/mol. The molecule has 2 aromatic carbocycles. The second-order valence-electron chi connectivity index (χ2n) is 5.98. The van der Waals surface area contributed by atoms with E-state index in [4.69, 9.17) is 0 Å². The summed E-state index contributed by atoms with van der Waals surface area (Å²) in [6.07, 6.45) is -0.145. The first-order chi connectivity index (χ1) is 13.3. The van der Waals surface area contributed by atoms with Gasteiger partial charge in [-0.25, -0.2) is 19.6 Å². The van der Waals surface area contributed by atoms with Gasteiger partial charge in [0.05, 0.1) is 11.4 Å². The zero-order chi connectivity index (χ0) is 20.5. The number of benzene rings is 2. The fourth-order valence-electron chi connectivity index (χ4n) is 2.14. The molecule has 2 N–H and O–H groups in total. The number of rotatable bonds is 7. The number of hydrogen-bond donors (Lipinski definition) is 2. The van der Waals surface area contributed by atoms with Crippen LogP contribution in [0, 0.1) is 11.6 Å². The highest BCUT2D eigenvalue weighted by Crippen LogP contribution is 2.05. The second-order valence-corrected chi connectivity index (χ2v) is 5.98. The number of carbonyl (C=O) groups is 2. The smallest absolute Gasteiger partial charge is 0.240 e. The fraction of sp³-hybridized carbons (Fsp3) is 0.200. The lowest BCUT2D eigenvalue weighted by molar-refractivity contribution is -0.126. The van der Waals surface area contributed by atoms with Gasteiger partial charge >= 0.3 is 0 Å². The minimum absolute atomic E-state index is 0.0723. The number of nitrogens with zero attached hydrogens (tertiary/aromatic N) is 2. The summed E-state index contributed by atoms with van der Waals surface area (Å²) in [4.78, 5) is 23.6. The van der Waals surface area contributed by atoms with E-state index in [-0.39, 0.29) is 24.5 Å². The highest BCUT2D eigenvalue weighted by atomic mass is 19.1. The Hall–Kier alpha value is -3.42. The van der Waals surface area contributed by atoms with Crippen molar-refractivity contribution in [1.29, 1.82) is 0 Å². The summed E-state index contributed by atoms with van der Waals surface area (Å²) in [6, 6.07) is 11.4. The zero-order valence-corrected chi connectivity index (χ0v) is 15.5. The van der Waals surface area contributed by atoms with E-state index in [1.807, 2.05) is 0 Å². The molecule has 8 heteroatoms. The van der Waals surface area contributed by atoms with Crippen LogP contribution in [0.3, 0.4) is 0 Å². The Labute approximate surface area is 161 Å². The van der Waals surface area contributed by atoms with E-state index in [1.165, 1.54) is 24.3 Å². The lowest BCUT2D eigenvalue weighted by Crippen LogP contribution is -2.24. The summed E-state index contributed by atoms with van der Waals surface area (Å²) in [5.41, 5.74) is 7.07. The maximum absolute atomic E-state index is 12.9. The monoisotopic (exact) mass is 386 g/mol. The first-order valence-corrected chi connectivity index (χ1v) is 8.53. The largest absolute Gasteiger partial charge is 0.273 e. The van der Waals surface area contributed by atoms with Gasteiger partial charge in [0.1, 0.15) is 11.6 Å². The van der Waals surface area contributed by atoms with Crippen molar-refractivity contribution in [2.75, 3.05) is 0 Å². The van der Waals surface area contributed by atoms with Gasteiger partial charge in [-0.2, -0.15) is 10.2 Å². The Kier molecular flexibility index (Phi) is 7.50. The van der Waals surface area contributed by atoms with Crippen LogP contribution in [0.4, 0.5) is 8.78 Å². The van der Waals surface area contributed by atoms with Gasteiger partial charge in [-0.15, -0.1) is 0 Å². The van der Waals surface area contributed by atoms with Crippen LogP contribution in [-0.4, -0.2) is 23.2 Å². The first-order valence-electron chi connectivity index (χ1n) is 8.53. The molecule has 2 aromatic rings. The molecule has 0 atom stereocenters. The molecule has 0 spiro atoms. The van der Waals surface area contributed by atoms with Crippen molar-refractivity contribution in [3.63, 3.8) is 0 Å². The molecule has 0 saturated heterocycles. The van der Waals surface area contributed by atoms with Crippen LogP contribution < -0.4 is 10.9 Å². The van der Waals surface area contributed by atoms with E-state index in [0.717, 1.165) is 0 Å². The van der Waals surface area contributed by atoms with E-state index in [9.17, 15) is 18.4 Å². The third-order valence-corrected chi connectivity index (χ3v) is 3.80. The van der Waals surface area contributed by atoms with Crippen LogP contribution in [0.2, 0.25) is 0 Å². The average molecular weight is 386 g/mol. The van der Waals surface area contributed by atoms with E-state index in [1.54, 1.807) is 38.1 Å². The van der Waals surface area contributed by atoms with Crippen LogP contribution in [0.1, 0.15) is 37.8 Å². The van der Waals surface area contributed by atoms with Crippen molar-refractivity contribution in [2.45, 2.75) is 26.7 Å². The maximum Gasteiger partial charge on any atom is 0.240 e. The molecule has 2 rings (SSSR count). The van der Waals surface area contributed by atoms with Crippen molar-refractivity contribution < 1.29 is 18.4 Å². The maximum atomic E-state index is 12.9. The molecule has 0 aromatic heterocycles. The van der Waals surface area contributed by atoms with E-state index < -0.39 is 11.8 Å². The van der Waals surface area contributed by atoms with Crippen LogP contribution in [0.5, 0.6) is 0 Å². The number of nitrogens with one attached hydrogen (secondary N) is 2. The molecule has 146 valence electrons. The summed E-state index contributed by atoms with van der Waals surface area (Å²) >= 11 is 0. The molecule has 0 fully saturated rings. The number of carbonyl (C=O) groups excluding carboxylic acids is 2. The third-order valence-electron chi connectivity index (χ3n) is 3.80. The van der Waals surface area contributed by atoms with Crippen molar-refractivity contribution in [1.82, 2.24) is 10.9 Å². The van der Waals surface area contributed by atoms with Gasteiger partial charge in [-0.1, -0.05) is 24.3 Å². The molecule has 0 bridgehead atoms. The summed E-state index contributed by atoms with van der Waals surface area (Å²) in [6.45, 7) is 3.35. The number of halogens is 2. The van der Waals surface area contributed by atoms with Gasteiger partial charge in [-0.3, -0.25) is 9.59 Å². The topological polar surface area (TPSA) is 82.9 Å². The lowest BCUT2D eigenvalue weighted by atomic mass is 10.1. The zero-order valence-electron chi connectivity index (χ0n) is 15.5. The summed E-state index contributed by atoms with van der Waals surface area (Å²) < 4.78 is 25.8. The average Bonchev–Trinajstić information content (AvgIpc) is 2.69. The predicted octanol–water partition coefficient (Wildman–Crippen LogP) is 3.13. The number of hydrazone groups is 2. The summed E-state index contributed by atoms with van der Waals surface area (Å²) in [5, 5.41) is 7.86. The molecule has 28 heavy (non-hydrogen) atoms. The quantitative estimate of drug-likeness (QED) is 0.566. The minimum Gasteiger partial charge on any atom is -0.273 e. The Morgan fingerprint density at radius 2 is 1.04 bits per heavy atom. The number of hydrogen-bond acceptors (Lipinski definition) is 4. The molecule has 0 aliphatic rings. The highest BCUT2D eigenvalue weighted by molar-refractivity contribution is 6.00. The van der Waals surface area contributed by atoms with Crippen molar-refractivity contribution >= 4 is 23.2 Å². The normalized spacial score (nSPS) is 11.9. The van der Waals surface area contributed by atoms with E-state index in [0.29, 0.717) is 22.6 Å². The Morgan fingerprint density at radius 1 is 0.714 bits per heavy atom. The second kappa shape index (κ2) is 10.1. The summed E-state index contributed by atoms with van der Waals surface area (Å²) in [7, 11) is 0. The van der Waals surface area contributed by atoms with Crippen molar-refractivity contribution in [3.8, 4) is 0 Å². The molecule has 0 unspecified atom stereocenters.